The number of aromatic nitrogens is 3. The summed E-state index contributed by atoms with van der Waals surface area (Å²) in [6, 6.07) is 13.4. The Morgan fingerprint density at radius 1 is 1.17 bits per heavy atom. The highest BCUT2D eigenvalue weighted by Crippen LogP contribution is 2.32. The molecule has 7 heteroatoms. The summed E-state index contributed by atoms with van der Waals surface area (Å²) in [6.07, 6.45) is 8.77. The summed E-state index contributed by atoms with van der Waals surface area (Å²) >= 11 is 0. The van der Waals surface area contributed by atoms with Crippen molar-refractivity contribution in [1.29, 1.82) is 5.26 Å². The highest BCUT2D eigenvalue weighted by molar-refractivity contribution is 6.01. The number of hydrogen-bond donors (Lipinski definition) is 3. The van der Waals surface area contributed by atoms with Crippen LogP contribution in [-0.4, -0.2) is 27.9 Å². The Bertz CT molecular complexity index is 1330. The van der Waals surface area contributed by atoms with E-state index in [-0.39, 0.29) is 5.57 Å². The normalized spacial score (nSPS) is 11.3. The summed E-state index contributed by atoms with van der Waals surface area (Å²) in [5.74, 6) is -0.750. The Labute approximate surface area is 172 Å². The number of carbonyl (C=O) groups excluding carboxylic acids is 1. The van der Waals surface area contributed by atoms with E-state index in [0.29, 0.717) is 5.56 Å². The fourth-order valence-electron chi connectivity index (χ4n) is 3.26. The van der Waals surface area contributed by atoms with Crippen molar-refractivity contribution in [2.24, 2.45) is 5.73 Å². The van der Waals surface area contributed by atoms with Gasteiger partial charge in [0, 0.05) is 53.9 Å². The number of benzene rings is 1. The predicted octanol–water partition coefficient (Wildman–Crippen LogP) is 3.73. The highest BCUT2D eigenvalue weighted by atomic mass is 16.1. The third-order valence-electron chi connectivity index (χ3n) is 4.79. The van der Waals surface area contributed by atoms with Crippen LogP contribution in [0.15, 0.2) is 66.8 Å². The molecule has 0 spiro atoms. The molecular formula is C23H18N6O. The number of pyridine rings is 2. The maximum Gasteiger partial charge on any atom is 0.259 e. The van der Waals surface area contributed by atoms with Crippen LogP contribution in [0.5, 0.6) is 0 Å². The maximum atomic E-state index is 11.3. The standard InChI is InChI=1S/C23H18N6O/c1-26-19-7-18(10-27-12-19)21-13-29-23-20(21)8-17(11-28-23)15-4-2-3-14(5-15)6-16(9-24)22(25)30/h2-8,10-13,26H,1H3,(H2,25,30)(H,28,29). The van der Waals surface area contributed by atoms with Gasteiger partial charge in [-0.3, -0.25) is 9.78 Å². The molecule has 0 bridgehead atoms. The molecule has 0 fully saturated rings. The summed E-state index contributed by atoms with van der Waals surface area (Å²) in [6.45, 7) is 0. The monoisotopic (exact) mass is 394 g/mol. The van der Waals surface area contributed by atoms with E-state index in [2.05, 4.69) is 26.3 Å². The number of aromatic amines is 1. The first kappa shape index (κ1) is 18.9. The Hall–Kier alpha value is -4.44. The second kappa shape index (κ2) is 7.89. The second-order valence-electron chi connectivity index (χ2n) is 6.69. The number of nitrogens with one attached hydrogen (secondary N) is 2. The van der Waals surface area contributed by atoms with Gasteiger partial charge in [-0.2, -0.15) is 5.26 Å². The lowest BCUT2D eigenvalue weighted by Gasteiger charge is -2.06. The molecule has 0 aliphatic rings. The average molecular weight is 394 g/mol. The molecule has 3 heterocycles. The lowest BCUT2D eigenvalue weighted by Crippen LogP contribution is -2.12. The number of nitrogens with two attached hydrogens (primary N) is 1. The van der Waals surface area contributed by atoms with E-state index in [9.17, 15) is 4.79 Å². The van der Waals surface area contributed by atoms with Gasteiger partial charge in [0.15, 0.2) is 0 Å². The van der Waals surface area contributed by atoms with Gasteiger partial charge in [-0.05, 0) is 35.4 Å². The third kappa shape index (κ3) is 3.62. The molecule has 0 radical (unpaired) electrons. The van der Waals surface area contributed by atoms with E-state index in [1.165, 1.54) is 6.08 Å². The number of hydrogen-bond acceptors (Lipinski definition) is 5. The SMILES string of the molecule is CNc1cncc(-c2c[nH]c3ncc(-c4cccc(C=C(C#N)C(N)=O)c4)cc23)c1. The number of carbonyl (C=O) groups is 1. The molecule has 30 heavy (non-hydrogen) atoms. The number of primary amides is 1. The largest absolute Gasteiger partial charge is 0.387 e. The van der Waals surface area contributed by atoms with Gasteiger partial charge in [-0.1, -0.05) is 18.2 Å². The lowest BCUT2D eigenvalue weighted by atomic mass is 10.0. The summed E-state index contributed by atoms with van der Waals surface area (Å²) in [5, 5.41) is 13.1. The minimum atomic E-state index is -0.750. The van der Waals surface area contributed by atoms with Crippen LogP contribution in [0.4, 0.5) is 5.69 Å². The van der Waals surface area contributed by atoms with E-state index in [0.717, 1.165) is 39.0 Å². The van der Waals surface area contributed by atoms with Crippen LogP contribution < -0.4 is 11.1 Å². The molecule has 0 unspecified atom stereocenters. The van der Waals surface area contributed by atoms with Gasteiger partial charge in [0.2, 0.25) is 0 Å². The first-order valence-electron chi connectivity index (χ1n) is 9.21. The Kier molecular flexibility index (Phi) is 4.97. The summed E-state index contributed by atoms with van der Waals surface area (Å²) in [5.41, 5.74) is 11.4. The molecule has 146 valence electrons. The van der Waals surface area contributed by atoms with Crippen LogP contribution >= 0.6 is 0 Å². The van der Waals surface area contributed by atoms with Crippen molar-refractivity contribution in [2.45, 2.75) is 0 Å². The molecule has 0 aliphatic heterocycles. The molecule has 0 atom stereocenters. The van der Waals surface area contributed by atoms with Gasteiger partial charge in [-0.15, -0.1) is 0 Å². The number of nitriles is 1. The molecule has 3 aromatic heterocycles. The Morgan fingerprint density at radius 3 is 2.80 bits per heavy atom. The zero-order valence-corrected chi connectivity index (χ0v) is 16.2. The maximum absolute atomic E-state index is 11.3. The van der Waals surface area contributed by atoms with Gasteiger partial charge in [0.1, 0.15) is 17.3 Å². The molecule has 0 saturated heterocycles. The number of amides is 1. The quantitative estimate of drug-likeness (QED) is 0.352. The van der Waals surface area contributed by atoms with Crippen molar-refractivity contribution < 1.29 is 4.79 Å². The number of fused-ring (bicyclic) bond motifs is 1. The first-order chi connectivity index (χ1) is 14.6. The summed E-state index contributed by atoms with van der Waals surface area (Å²) < 4.78 is 0. The second-order valence-corrected chi connectivity index (χ2v) is 6.69. The molecule has 4 aromatic rings. The molecular weight excluding hydrogens is 376 g/mol. The van der Waals surface area contributed by atoms with E-state index < -0.39 is 5.91 Å². The van der Waals surface area contributed by atoms with Crippen molar-refractivity contribution >= 4 is 28.7 Å². The van der Waals surface area contributed by atoms with Gasteiger partial charge in [-0.25, -0.2) is 4.98 Å². The van der Waals surface area contributed by atoms with Gasteiger partial charge in [0.05, 0.1) is 5.69 Å². The fourth-order valence-corrected chi connectivity index (χ4v) is 3.26. The number of rotatable bonds is 5. The number of anilines is 1. The topological polar surface area (TPSA) is 120 Å². The van der Waals surface area contributed by atoms with Crippen LogP contribution in [0.3, 0.4) is 0 Å². The minimum Gasteiger partial charge on any atom is -0.387 e. The van der Waals surface area contributed by atoms with E-state index >= 15 is 0 Å². The predicted molar refractivity (Wildman–Crippen MR) is 117 cm³/mol. The zero-order chi connectivity index (χ0) is 21.1. The minimum absolute atomic E-state index is 0.0921. The van der Waals surface area contributed by atoms with E-state index in [1.807, 2.05) is 55.8 Å². The summed E-state index contributed by atoms with van der Waals surface area (Å²) in [7, 11) is 1.85. The first-order valence-corrected chi connectivity index (χ1v) is 9.21. The van der Waals surface area contributed by atoms with E-state index in [4.69, 9.17) is 11.0 Å². The van der Waals surface area contributed by atoms with Crippen LogP contribution in [0, 0.1) is 11.3 Å². The van der Waals surface area contributed by atoms with Crippen LogP contribution in [0.25, 0.3) is 39.4 Å². The highest BCUT2D eigenvalue weighted by Gasteiger charge is 2.11. The van der Waals surface area contributed by atoms with Gasteiger partial charge >= 0.3 is 0 Å². The van der Waals surface area contributed by atoms with Crippen molar-refractivity contribution in [2.75, 3.05) is 12.4 Å². The number of nitrogens with zero attached hydrogens (tertiary/aromatic N) is 3. The van der Waals surface area contributed by atoms with Crippen molar-refractivity contribution in [3.63, 3.8) is 0 Å². The van der Waals surface area contributed by atoms with Crippen molar-refractivity contribution in [3.05, 3.63) is 72.3 Å². The average Bonchev–Trinajstić information content (AvgIpc) is 3.20. The third-order valence-corrected chi connectivity index (χ3v) is 4.79. The zero-order valence-electron chi connectivity index (χ0n) is 16.2. The molecule has 7 nitrogen and oxygen atoms in total. The molecule has 4 N–H and O–H groups in total. The molecule has 1 aromatic carbocycles. The van der Waals surface area contributed by atoms with Crippen LogP contribution in [0.1, 0.15) is 5.56 Å². The molecule has 4 rings (SSSR count). The molecule has 0 saturated carbocycles. The van der Waals surface area contributed by atoms with Crippen LogP contribution in [0.2, 0.25) is 0 Å². The van der Waals surface area contributed by atoms with E-state index in [1.54, 1.807) is 12.4 Å². The number of H-pyrrole nitrogens is 1. The van der Waals surface area contributed by atoms with Gasteiger partial charge in [0.25, 0.3) is 5.91 Å². The molecule has 1 amide bonds. The lowest BCUT2D eigenvalue weighted by molar-refractivity contribution is -0.114. The van der Waals surface area contributed by atoms with Crippen LogP contribution in [-0.2, 0) is 4.79 Å². The molecule has 0 aliphatic carbocycles. The van der Waals surface area contributed by atoms with Gasteiger partial charge < -0.3 is 16.0 Å². The van der Waals surface area contributed by atoms with Crippen molar-refractivity contribution in [3.8, 4) is 28.3 Å². The smallest absolute Gasteiger partial charge is 0.259 e. The Morgan fingerprint density at radius 2 is 2.03 bits per heavy atom. The fraction of sp³-hybridized carbons (Fsp3) is 0.0435. The summed E-state index contributed by atoms with van der Waals surface area (Å²) in [4.78, 5) is 23.4. The van der Waals surface area contributed by atoms with Crippen molar-refractivity contribution in [1.82, 2.24) is 15.0 Å². The Balaban J connectivity index is 1.79.